The van der Waals surface area contributed by atoms with Crippen molar-refractivity contribution in [1.82, 2.24) is 24.8 Å². The van der Waals surface area contributed by atoms with Gasteiger partial charge in [-0.25, -0.2) is 4.79 Å². The van der Waals surface area contributed by atoms with Crippen LogP contribution in [-0.2, 0) is 6.54 Å². The van der Waals surface area contributed by atoms with Crippen molar-refractivity contribution in [3.63, 3.8) is 0 Å². The van der Waals surface area contributed by atoms with E-state index in [2.05, 4.69) is 34.6 Å². The zero-order valence-electron chi connectivity index (χ0n) is 14.9. The number of aromatic nitrogens is 3. The maximum atomic E-state index is 12.6. The van der Waals surface area contributed by atoms with Gasteiger partial charge in [0.2, 0.25) is 0 Å². The number of rotatable bonds is 3. The Morgan fingerprint density at radius 1 is 1.23 bits per heavy atom. The quantitative estimate of drug-likeness (QED) is 0.790. The molecule has 1 unspecified atom stereocenters. The Morgan fingerprint density at radius 3 is 3.04 bits per heavy atom. The van der Waals surface area contributed by atoms with Crippen molar-refractivity contribution in [3.05, 3.63) is 65.6 Å². The third-order valence-electron chi connectivity index (χ3n) is 4.94. The zero-order valence-corrected chi connectivity index (χ0v) is 14.9. The number of likely N-dealkylation sites (tertiary alicyclic amines) is 1. The second-order valence-electron chi connectivity index (χ2n) is 6.92. The highest BCUT2D eigenvalue weighted by Crippen LogP contribution is 2.26. The number of piperidine rings is 1. The number of carbonyl (C=O) groups is 1. The Morgan fingerprint density at radius 2 is 2.15 bits per heavy atom. The number of nitrogens with one attached hydrogen (secondary N) is 1. The molecule has 0 aliphatic carbocycles. The summed E-state index contributed by atoms with van der Waals surface area (Å²) < 4.78 is 2.03. The maximum absolute atomic E-state index is 12.6. The normalized spacial score (nSPS) is 17.4. The molecule has 2 amide bonds. The molecular weight excluding hydrogens is 326 g/mol. The van der Waals surface area contributed by atoms with Crippen LogP contribution in [0.3, 0.4) is 0 Å². The first kappa shape index (κ1) is 16.6. The standard InChI is InChI=1S/C20H23N5O/c1-15-6-4-7-16(12-15)13-21-20(26)24-10-5-8-17(14-24)19-23-22-18-9-2-3-11-25(18)19/h2-4,6-7,9,11-12,17H,5,8,10,13-14H2,1H3,(H,21,26). The van der Waals surface area contributed by atoms with Gasteiger partial charge in [-0.15, -0.1) is 10.2 Å². The van der Waals surface area contributed by atoms with E-state index in [-0.39, 0.29) is 11.9 Å². The molecule has 3 aromatic rings. The van der Waals surface area contributed by atoms with E-state index in [1.165, 1.54) is 5.56 Å². The van der Waals surface area contributed by atoms with Crippen LogP contribution >= 0.6 is 0 Å². The molecule has 1 atom stereocenters. The first-order valence-electron chi connectivity index (χ1n) is 9.09. The Hall–Kier alpha value is -2.89. The Balaban J connectivity index is 1.42. The fourth-order valence-electron chi connectivity index (χ4n) is 3.62. The van der Waals surface area contributed by atoms with E-state index in [1.54, 1.807) is 0 Å². The van der Waals surface area contributed by atoms with Crippen LogP contribution in [0.1, 0.15) is 35.7 Å². The first-order valence-corrected chi connectivity index (χ1v) is 9.09. The van der Waals surface area contributed by atoms with Gasteiger partial charge in [0, 0.05) is 31.7 Å². The predicted octanol–water partition coefficient (Wildman–Crippen LogP) is 3.13. The van der Waals surface area contributed by atoms with E-state index in [0.717, 1.165) is 36.4 Å². The molecule has 6 nitrogen and oxygen atoms in total. The molecule has 0 bridgehead atoms. The van der Waals surface area contributed by atoms with Crippen LogP contribution in [0, 0.1) is 6.92 Å². The van der Waals surface area contributed by atoms with Crippen LogP contribution in [0.2, 0.25) is 0 Å². The number of hydrogen-bond donors (Lipinski definition) is 1. The molecule has 4 rings (SSSR count). The van der Waals surface area contributed by atoms with Crippen molar-refractivity contribution >= 4 is 11.7 Å². The average molecular weight is 349 g/mol. The zero-order chi connectivity index (χ0) is 17.9. The van der Waals surface area contributed by atoms with Crippen LogP contribution in [-0.4, -0.2) is 38.6 Å². The minimum Gasteiger partial charge on any atom is -0.334 e. The van der Waals surface area contributed by atoms with E-state index in [4.69, 9.17) is 0 Å². The molecule has 1 aliphatic rings. The van der Waals surface area contributed by atoms with Gasteiger partial charge in [-0.1, -0.05) is 35.9 Å². The van der Waals surface area contributed by atoms with Gasteiger partial charge in [0.25, 0.3) is 0 Å². The van der Waals surface area contributed by atoms with Crippen LogP contribution < -0.4 is 5.32 Å². The molecule has 2 aromatic heterocycles. The SMILES string of the molecule is Cc1cccc(CNC(=O)N2CCCC(c3nnc4ccccn34)C2)c1. The van der Waals surface area contributed by atoms with E-state index in [9.17, 15) is 4.79 Å². The van der Waals surface area contributed by atoms with Gasteiger partial charge < -0.3 is 10.2 Å². The molecule has 1 N–H and O–H groups in total. The number of carbonyl (C=O) groups excluding carboxylic acids is 1. The summed E-state index contributed by atoms with van der Waals surface area (Å²) in [5.41, 5.74) is 3.17. The molecule has 0 spiro atoms. The highest BCUT2D eigenvalue weighted by Gasteiger charge is 2.27. The molecule has 1 aliphatic heterocycles. The number of amides is 2. The summed E-state index contributed by atoms with van der Waals surface area (Å²) in [6.45, 7) is 4.07. The van der Waals surface area contributed by atoms with Crippen molar-refractivity contribution in [2.24, 2.45) is 0 Å². The van der Waals surface area contributed by atoms with Gasteiger partial charge in [0.15, 0.2) is 5.65 Å². The average Bonchev–Trinajstić information content (AvgIpc) is 3.10. The largest absolute Gasteiger partial charge is 0.334 e. The van der Waals surface area contributed by atoms with Crippen LogP contribution in [0.15, 0.2) is 48.7 Å². The molecule has 0 radical (unpaired) electrons. The highest BCUT2D eigenvalue weighted by molar-refractivity contribution is 5.74. The summed E-state index contributed by atoms with van der Waals surface area (Å²) >= 11 is 0. The van der Waals surface area contributed by atoms with Crippen molar-refractivity contribution < 1.29 is 4.79 Å². The molecule has 1 fully saturated rings. The van der Waals surface area contributed by atoms with E-state index >= 15 is 0 Å². The second kappa shape index (κ2) is 7.15. The summed E-state index contributed by atoms with van der Waals surface area (Å²) in [6.07, 6.45) is 3.99. The first-order chi connectivity index (χ1) is 12.7. The van der Waals surface area contributed by atoms with Crippen molar-refractivity contribution in [3.8, 4) is 0 Å². The van der Waals surface area contributed by atoms with Gasteiger partial charge in [-0.2, -0.15) is 0 Å². The third kappa shape index (κ3) is 3.40. The number of hydrogen-bond acceptors (Lipinski definition) is 3. The van der Waals surface area contributed by atoms with Crippen LogP contribution in [0.4, 0.5) is 4.79 Å². The second-order valence-corrected chi connectivity index (χ2v) is 6.92. The lowest BCUT2D eigenvalue weighted by molar-refractivity contribution is 0.177. The number of nitrogens with zero attached hydrogens (tertiary/aromatic N) is 4. The number of benzene rings is 1. The smallest absolute Gasteiger partial charge is 0.317 e. The molecular formula is C20H23N5O. The van der Waals surface area contributed by atoms with E-state index in [1.807, 2.05) is 45.8 Å². The monoisotopic (exact) mass is 349 g/mol. The molecule has 6 heteroatoms. The maximum Gasteiger partial charge on any atom is 0.317 e. The van der Waals surface area contributed by atoms with Gasteiger partial charge in [0.1, 0.15) is 5.82 Å². The molecule has 3 heterocycles. The lowest BCUT2D eigenvalue weighted by Crippen LogP contribution is -2.45. The van der Waals surface area contributed by atoms with Gasteiger partial charge >= 0.3 is 6.03 Å². The summed E-state index contributed by atoms with van der Waals surface area (Å²) in [7, 11) is 0. The lowest BCUT2D eigenvalue weighted by Gasteiger charge is -2.32. The molecule has 1 saturated heterocycles. The minimum atomic E-state index is -0.00923. The minimum absolute atomic E-state index is 0.00923. The Labute approximate surface area is 152 Å². The number of fused-ring (bicyclic) bond motifs is 1. The lowest BCUT2D eigenvalue weighted by atomic mass is 9.97. The van der Waals surface area contributed by atoms with Crippen LogP contribution in [0.25, 0.3) is 5.65 Å². The summed E-state index contributed by atoms with van der Waals surface area (Å²) in [6, 6.07) is 14.1. The predicted molar refractivity (Wildman–Crippen MR) is 99.9 cm³/mol. The topological polar surface area (TPSA) is 62.5 Å². The van der Waals surface area contributed by atoms with Crippen molar-refractivity contribution in [2.45, 2.75) is 32.2 Å². The number of pyridine rings is 1. The number of urea groups is 1. The third-order valence-corrected chi connectivity index (χ3v) is 4.94. The van der Waals surface area contributed by atoms with Gasteiger partial charge in [-0.3, -0.25) is 4.40 Å². The Bertz CT molecular complexity index is 919. The fourth-order valence-corrected chi connectivity index (χ4v) is 3.62. The van der Waals surface area contributed by atoms with Crippen LogP contribution in [0.5, 0.6) is 0 Å². The van der Waals surface area contributed by atoms with Gasteiger partial charge in [0.05, 0.1) is 0 Å². The Kier molecular flexibility index (Phi) is 4.56. The summed E-state index contributed by atoms with van der Waals surface area (Å²) in [4.78, 5) is 14.5. The summed E-state index contributed by atoms with van der Waals surface area (Å²) in [5, 5.41) is 11.7. The van der Waals surface area contributed by atoms with Gasteiger partial charge in [-0.05, 0) is 37.5 Å². The molecule has 1 aromatic carbocycles. The molecule has 26 heavy (non-hydrogen) atoms. The van der Waals surface area contributed by atoms with Crippen molar-refractivity contribution in [2.75, 3.05) is 13.1 Å². The number of aryl methyl sites for hydroxylation is 1. The molecule has 134 valence electrons. The van der Waals surface area contributed by atoms with E-state index < -0.39 is 0 Å². The summed E-state index contributed by atoms with van der Waals surface area (Å²) in [5.74, 6) is 1.16. The molecule has 0 saturated carbocycles. The fraction of sp³-hybridized carbons (Fsp3) is 0.350. The van der Waals surface area contributed by atoms with E-state index in [0.29, 0.717) is 13.1 Å². The van der Waals surface area contributed by atoms with Crippen molar-refractivity contribution in [1.29, 1.82) is 0 Å². The highest BCUT2D eigenvalue weighted by atomic mass is 16.2.